The maximum absolute atomic E-state index is 12.8. The highest BCUT2D eigenvalue weighted by Crippen LogP contribution is 2.15. The Labute approximate surface area is 409 Å². The van der Waals surface area contributed by atoms with Gasteiger partial charge in [-0.25, -0.2) is 0 Å². The fourth-order valence-electron chi connectivity index (χ4n) is 8.02. The van der Waals surface area contributed by atoms with Crippen LogP contribution in [0.4, 0.5) is 0 Å². The number of hydrogen-bond donors (Lipinski definition) is 0. The van der Waals surface area contributed by atoms with Crippen molar-refractivity contribution in [2.45, 2.75) is 290 Å². The summed E-state index contributed by atoms with van der Waals surface area (Å²) in [7, 11) is 0. The molecule has 0 heterocycles. The van der Waals surface area contributed by atoms with E-state index in [4.69, 9.17) is 14.2 Å². The Hall–Kier alpha value is -2.89. The van der Waals surface area contributed by atoms with Gasteiger partial charge < -0.3 is 14.2 Å². The van der Waals surface area contributed by atoms with Crippen LogP contribution in [0, 0.1) is 0 Å². The van der Waals surface area contributed by atoms with Crippen LogP contribution in [0.1, 0.15) is 284 Å². The number of esters is 3. The highest BCUT2D eigenvalue weighted by atomic mass is 16.6. The summed E-state index contributed by atoms with van der Waals surface area (Å²) in [4.78, 5) is 38.1. The zero-order chi connectivity index (χ0) is 47.9. The molecule has 0 aromatic rings. The summed E-state index contributed by atoms with van der Waals surface area (Å²) in [5.41, 5.74) is 0. The highest BCUT2D eigenvalue weighted by molar-refractivity contribution is 5.71. The smallest absolute Gasteiger partial charge is 0.306 e. The van der Waals surface area contributed by atoms with Crippen molar-refractivity contribution in [1.29, 1.82) is 0 Å². The molecule has 0 aliphatic rings. The molecule has 1 atom stereocenters. The normalized spacial score (nSPS) is 12.5. The van der Waals surface area contributed by atoms with Gasteiger partial charge in [0.15, 0.2) is 6.10 Å². The molecule has 0 fully saturated rings. The van der Waals surface area contributed by atoms with Gasteiger partial charge in [-0.05, 0) is 83.5 Å². The van der Waals surface area contributed by atoms with Crippen molar-refractivity contribution in [2.75, 3.05) is 13.2 Å². The summed E-state index contributed by atoms with van der Waals surface area (Å²) in [6.07, 6.45) is 67.8. The average Bonchev–Trinajstić information content (AvgIpc) is 3.31. The summed E-state index contributed by atoms with van der Waals surface area (Å²) in [5, 5.41) is 0. The Balaban J connectivity index is 4.31. The highest BCUT2D eigenvalue weighted by Gasteiger charge is 2.19. The Kier molecular flexibility index (Phi) is 52.3. The Bertz CT molecular complexity index is 1200. The van der Waals surface area contributed by atoms with Crippen molar-refractivity contribution in [3.05, 3.63) is 60.8 Å². The molecule has 0 saturated carbocycles. The Morgan fingerprint density at radius 3 is 0.939 bits per heavy atom. The van der Waals surface area contributed by atoms with Crippen LogP contribution >= 0.6 is 0 Å². The van der Waals surface area contributed by atoms with Crippen LogP contribution in [0.5, 0.6) is 0 Å². The van der Waals surface area contributed by atoms with E-state index in [1.807, 2.05) is 0 Å². The van der Waals surface area contributed by atoms with Gasteiger partial charge in [-0.1, -0.05) is 242 Å². The fraction of sp³-hybridized carbons (Fsp3) is 0.783. The zero-order valence-corrected chi connectivity index (χ0v) is 43.7. The third-order valence-corrected chi connectivity index (χ3v) is 12.3. The monoisotopic (exact) mass is 923 g/mol. The van der Waals surface area contributed by atoms with Crippen molar-refractivity contribution < 1.29 is 28.6 Å². The minimum absolute atomic E-state index is 0.0761. The molecule has 0 spiro atoms. The van der Waals surface area contributed by atoms with E-state index in [2.05, 4.69) is 81.5 Å². The van der Waals surface area contributed by atoms with E-state index in [-0.39, 0.29) is 31.1 Å². The predicted molar refractivity (Wildman–Crippen MR) is 284 cm³/mol. The van der Waals surface area contributed by atoms with Crippen molar-refractivity contribution in [3.63, 3.8) is 0 Å². The molecule has 0 amide bonds. The van der Waals surface area contributed by atoms with E-state index < -0.39 is 6.10 Å². The number of rotatable bonds is 51. The van der Waals surface area contributed by atoms with E-state index in [1.165, 1.54) is 154 Å². The summed E-state index contributed by atoms with van der Waals surface area (Å²) < 4.78 is 16.8. The second-order valence-electron chi connectivity index (χ2n) is 18.8. The molecule has 6 heteroatoms. The number of carbonyl (C=O) groups is 3. The maximum Gasteiger partial charge on any atom is 0.306 e. The molecule has 0 aliphatic carbocycles. The van der Waals surface area contributed by atoms with Gasteiger partial charge in [-0.2, -0.15) is 0 Å². The SMILES string of the molecule is CC/C=C\C/C=C\C/C=C\C/C=C\CCCCCCCCCCC(=O)OCC(COC(=O)CCCCCCCCCCCC)OC(=O)CCCCCCCCC/C=C\CCCCCCCC. The maximum atomic E-state index is 12.8. The molecule has 1 unspecified atom stereocenters. The first-order valence-electron chi connectivity index (χ1n) is 28.3. The molecule has 6 nitrogen and oxygen atoms in total. The summed E-state index contributed by atoms with van der Waals surface area (Å²) in [5.74, 6) is -0.881. The van der Waals surface area contributed by atoms with Crippen LogP contribution in [0.15, 0.2) is 60.8 Å². The summed E-state index contributed by atoms with van der Waals surface area (Å²) in [6, 6.07) is 0. The van der Waals surface area contributed by atoms with Gasteiger partial charge >= 0.3 is 17.9 Å². The van der Waals surface area contributed by atoms with Gasteiger partial charge in [0, 0.05) is 19.3 Å². The Morgan fingerprint density at radius 2 is 0.591 bits per heavy atom. The minimum Gasteiger partial charge on any atom is -0.462 e. The zero-order valence-electron chi connectivity index (χ0n) is 43.7. The molecule has 0 aliphatic heterocycles. The minimum atomic E-state index is -0.777. The standard InChI is InChI=1S/C60H106O6/c1-4-7-10-13-16-19-22-24-26-28-29-30-31-33-34-36-38-41-44-47-50-53-59(62)65-56-57(55-64-58(61)52-49-46-43-40-21-18-15-12-9-6-3)66-60(63)54-51-48-45-42-39-37-35-32-27-25-23-20-17-14-11-8-5-2/h7,10,16,19,24-27,29-30,57H,4-6,8-9,11-15,17-18,20-23,28,31-56H2,1-3H3/b10-7-,19-16-,26-24-,27-25-,30-29-. The fourth-order valence-corrected chi connectivity index (χ4v) is 8.02. The van der Waals surface area contributed by atoms with Crippen LogP contribution < -0.4 is 0 Å². The molecule has 0 N–H and O–H groups in total. The van der Waals surface area contributed by atoms with Crippen LogP contribution in [0.2, 0.25) is 0 Å². The van der Waals surface area contributed by atoms with Crippen molar-refractivity contribution >= 4 is 17.9 Å². The lowest BCUT2D eigenvalue weighted by molar-refractivity contribution is -0.167. The molecular weight excluding hydrogens is 817 g/mol. The van der Waals surface area contributed by atoms with E-state index in [0.717, 1.165) is 89.9 Å². The molecular formula is C60H106O6. The molecule has 0 bridgehead atoms. The Morgan fingerprint density at radius 1 is 0.318 bits per heavy atom. The molecule has 382 valence electrons. The lowest BCUT2D eigenvalue weighted by Gasteiger charge is -2.18. The van der Waals surface area contributed by atoms with Gasteiger partial charge in [0.05, 0.1) is 0 Å². The third-order valence-electron chi connectivity index (χ3n) is 12.3. The van der Waals surface area contributed by atoms with Gasteiger partial charge in [0.2, 0.25) is 0 Å². The molecule has 0 aromatic carbocycles. The van der Waals surface area contributed by atoms with Gasteiger partial charge in [0.1, 0.15) is 13.2 Å². The average molecular weight is 924 g/mol. The van der Waals surface area contributed by atoms with E-state index in [0.29, 0.717) is 19.3 Å². The van der Waals surface area contributed by atoms with Crippen molar-refractivity contribution in [3.8, 4) is 0 Å². The number of allylic oxidation sites excluding steroid dienone is 10. The quantitative estimate of drug-likeness (QED) is 0.0262. The second kappa shape index (κ2) is 54.7. The van der Waals surface area contributed by atoms with E-state index >= 15 is 0 Å². The van der Waals surface area contributed by atoms with Crippen molar-refractivity contribution in [2.24, 2.45) is 0 Å². The largest absolute Gasteiger partial charge is 0.462 e. The second-order valence-corrected chi connectivity index (χ2v) is 18.8. The molecule has 0 radical (unpaired) electrons. The first-order chi connectivity index (χ1) is 32.5. The summed E-state index contributed by atoms with van der Waals surface area (Å²) in [6.45, 7) is 6.52. The van der Waals surface area contributed by atoms with Gasteiger partial charge in [-0.3, -0.25) is 14.4 Å². The number of carbonyl (C=O) groups excluding carboxylic acids is 3. The molecule has 0 aromatic heterocycles. The van der Waals surface area contributed by atoms with Crippen LogP contribution in [-0.2, 0) is 28.6 Å². The van der Waals surface area contributed by atoms with E-state index in [1.54, 1.807) is 0 Å². The molecule has 0 rings (SSSR count). The van der Waals surface area contributed by atoms with Crippen LogP contribution in [0.3, 0.4) is 0 Å². The third kappa shape index (κ3) is 52.1. The first-order valence-corrected chi connectivity index (χ1v) is 28.3. The number of unbranched alkanes of at least 4 members (excludes halogenated alkanes) is 30. The summed E-state index contributed by atoms with van der Waals surface area (Å²) >= 11 is 0. The number of ether oxygens (including phenoxy) is 3. The van der Waals surface area contributed by atoms with Crippen LogP contribution in [0.25, 0.3) is 0 Å². The van der Waals surface area contributed by atoms with Gasteiger partial charge in [0.25, 0.3) is 0 Å². The number of hydrogen-bond acceptors (Lipinski definition) is 6. The topological polar surface area (TPSA) is 78.9 Å². The lowest BCUT2D eigenvalue weighted by Crippen LogP contribution is -2.30. The molecule has 0 saturated heterocycles. The lowest BCUT2D eigenvalue weighted by atomic mass is 10.1. The van der Waals surface area contributed by atoms with Gasteiger partial charge in [-0.15, -0.1) is 0 Å². The van der Waals surface area contributed by atoms with Crippen LogP contribution in [-0.4, -0.2) is 37.2 Å². The van der Waals surface area contributed by atoms with E-state index in [9.17, 15) is 14.4 Å². The predicted octanol–water partition coefficient (Wildman–Crippen LogP) is 18.8. The van der Waals surface area contributed by atoms with Crippen molar-refractivity contribution in [1.82, 2.24) is 0 Å². The first kappa shape index (κ1) is 63.1. The molecule has 66 heavy (non-hydrogen) atoms.